The fourth-order valence-electron chi connectivity index (χ4n) is 2.42. The zero-order valence-corrected chi connectivity index (χ0v) is 15.8. The molecule has 6 heteroatoms. The Morgan fingerprint density at radius 3 is 2.37 bits per heavy atom. The first-order valence-corrected chi connectivity index (χ1v) is 8.94. The third kappa shape index (κ3) is 5.46. The van der Waals surface area contributed by atoms with Gasteiger partial charge in [-0.15, -0.1) is 0 Å². The van der Waals surface area contributed by atoms with Crippen LogP contribution in [0.3, 0.4) is 0 Å². The van der Waals surface area contributed by atoms with Gasteiger partial charge in [0, 0.05) is 16.4 Å². The van der Waals surface area contributed by atoms with Crippen molar-refractivity contribution in [2.24, 2.45) is 0 Å². The predicted octanol–water partition coefficient (Wildman–Crippen LogP) is 5.52. The van der Waals surface area contributed by atoms with Crippen molar-refractivity contribution in [3.63, 3.8) is 0 Å². The molecule has 0 fully saturated rings. The van der Waals surface area contributed by atoms with E-state index in [1.807, 2.05) is 44.2 Å². The van der Waals surface area contributed by atoms with Gasteiger partial charge in [-0.05, 0) is 68.4 Å². The molecule has 0 saturated heterocycles. The summed E-state index contributed by atoms with van der Waals surface area (Å²) in [5.74, 6) is 0.486. The Balaban J connectivity index is 1.61. The van der Waals surface area contributed by atoms with Crippen LogP contribution < -0.4 is 15.4 Å². The van der Waals surface area contributed by atoms with Gasteiger partial charge in [0.05, 0.1) is 18.0 Å². The lowest BCUT2D eigenvalue weighted by Gasteiger charge is -2.11. The minimum Gasteiger partial charge on any atom is -0.491 e. The van der Waals surface area contributed by atoms with Crippen LogP contribution in [0.4, 0.5) is 17.1 Å². The topological polar surface area (TPSA) is 63.2 Å². The van der Waals surface area contributed by atoms with Gasteiger partial charge in [-0.1, -0.05) is 17.7 Å². The van der Waals surface area contributed by atoms with E-state index in [1.54, 1.807) is 36.5 Å². The monoisotopic (exact) mass is 381 g/mol. The first-order chi connectivity index (χ1) is 13.0. The average molecular weight is 382 g/mol. The highest BCUT2D eigenvalue weighted by molar-refractivity contribution is 6.30. The summed E-state index contributed by atoms with van der Waals surface area (Å²) in [7, 11) is 0. The summed E-state index contributed by atoms with van der Waals surface area (Å²) in [5.41, 5.74) is 2.63. The van der Waals surface area contributed by atoms with E-state index < -0.39 is 0 Å². The maximum absolute atomic E-state index is 12.3. The number of halogens is 1. The van der Waals surface area contributed by atoms with Crippen molar-refractivity contribution in [2.45, 2.75) is 20.0 Å². The molecule has 2 N–H and O–H groups in total. The lowest BCUT2D eigenvalue weighted by Crippen LogP contribution is -2.13. The number of nitrogens with zero attached hydrogens (tertiary/aromatic N) is 1. The maximum Gasteiger partial charge on any atom is 0.274 e. The highest BCUT2D eigenvalue weighted by atomic mass is 35.5. The molecular formula is C21H20ClN3O2. The molecule has 0 spiro atoms. The number of nitrogens with one attached hydrogen (secondary N) is 2. The van der Waals surface area contributed by atoms with Crippen molar-refractivity contribution in [1.29, 1.82) is 0 Å². The molecule has 1 amide bonds. The summed E-state index contributed by atoms with van der Waals surface area (Å²) >= 11 is 5.97. The smallest absolute Gasteiger partial charge is 0.274 e. The van der Waals surface area contributed by atoms with Gasteiger partial charge in [0.1, 0.15) is 11.4 Å². The Morgan fingerprint density at radius 2 is 1.74 bits per heavy atom. The highest BCUT2D eigenvalue weighted by Crippen LogP contribution is 2.20. The summed E-state index contributed by atoms with van der Waals surface area (Å²) < 4.78 is 5.59. The molecule has 0 aliphatic heterocycles. The number of aromatic nitrogens is 1. The molecule has 0 saturated carbocycles. The number of carbonyl (C=O) groups excluding carboxylic acids is 1. The van der Waals surface area contributed by atoms with E-state index in [0.29, 0.717) is 16.4 Å². The minimum atomic E-state index is -0.276. The van der Waals surface area contributed by atoms with Crippen molar-refractivity contribution in [2.75, 3.05) is 10.6 Å². The number of anilines is 3. The minimum absolute atomic E-state index is 0.105. The van der Waals surface area contributed by atoms with Crippen LogP contribution in [0.2, 0.25) is 5.02 Å². The van der Waals surface area contributed by atoms with E-state index in [9.17, 15) is 4.79 Å². The number of benzene rings is 2. The van der Waals surface area contributed by atoms with Gasteiger partial charge in [-0.25, -0.2) is 4.98 Å². The summed E-state index contributed by atoms with van der Waals surface area (Å²) in [4.78, 5) is 16.6. The summed E-state index contributed by atoms with van der Waals surface area (Å²) in [6.45, 7) is 3.93. The summed E-state index contributed by atoms with van der Waals surface area (Å²) in [6, 6.07) is 18.1. The Morgan fingerprint density at radius 1 is 1.00 bits per heavy atom. The van der Waals surface area contributed by atoms with Crippen LogP contribution in [-0.4, -0.2) is 17.0 Å². The second kappa shape index (κ2) is 8.56. The van der Waals surface area contributed by atoms with Gasteiger partial charge in [0.2, 0.25) is 0 Å². The molecule has 3 aromatic rings. The van der Waals surface area contributed by atoms with Gasteiger partial charge in [-0.3, -0.25) is 4.79 Å². The van der Waals surface area contributed by atoms with Crippen molar-refractivity contribution < 1.29 is 9.53 Å². The van der Waals surface area contributed by atoms with Crippen molar-refractivity contribution in [1.82, 2.24) is 4.98 Å². The van der Waals surface area contributed by atoms with Crippen LogP contribution in [0, 0.1) is 0 Å². The zero-order valence-electron chi connectivity index (χ0n) is 15.1. The molecule has 0 aliphatic rings. The van der Waals surface area contributed by atoms with E-state index in [4.69, 9.17) is 16.3 Å². The molecule has 0 aliphatic carbocycles. The van der Waals surface area contributed by atoms with Gasteiger partial charge < -0.3 is 15.4 Å². The third-order valence-electron chi connectivity index (χ3n) is 3.59. The van der Waals surface area contributed by atoms with Gasteiger partial charge in [0.15, 0.2) is 0 Å². The second-order valence-corrected chi connectivity index (χ2v) is 6.65. The van der Waals surface area contributed by atoms with E-state index in [2.05, 4.69) is 15.6 Å². The quantitative estimate of drug-likeness (QED) is 0.590. The van der Waals surface area contributed by atoms with Crippen LogP contribution in [0.15, 0.2) is 66.9 Å². The Kier molecular flexibility index (Phi) is 5.94. The van der Waals surface area contributed by atoms with Crippen molar-refractivity contribution >= 4 is 34.6 Å². The van der Waals surface area contributed by atoms with Crippen LogP contribution in [0.1, 0.15) is 24.3 Å². The average Bonchev–Trinajstić information content (AvgIpc) is 2.63. The molecule has 1 aromatic heterocycles. The first-order valence-electron chi connectivity index (χ1n) is 8.56. The third-order valence-corrected chi connectivity index (χ3v) is 3.83. The molecule has 138 valence electrons. The summed E-state index contributed by atoms with van der Waals surface area (Å²) in [5, 5.41) is 6.66. The van der Waals surface area contributed by atoms with Gasteiger partial charge >= 0.3 is 0 Å². The molecule has 0 bridgehead atoms. The molecule has 1 heterocycles. The molecule has 0 unspecified atom stereocenters. The lowest BCUT2D eigenvalue weighted by atomic mass is 10.2. The Hall–Kier alpha value is -3.05. The lowest BCUT2D eigenvalue weighted by molar-refractivity contribution is 0.102. The predicted molar refractivity (Wildman–Crippen MR) is 109 cm³/mol. The van der Waals surface area contributed by atoms with Crippen LogP contribution in [0.25, 0.3) is 0 Å². The fourth-order valence-corrected chi connectivity index (χ4v) is 2.61. The number of pyridine rings is 1. The van der Waals surface area contributed by atoms with E-state index in [0.717, 1.165) is 17.1 Å². The van der Waals surface area contributed by atoms with E-state index in [-0.39, 0.29) is 12.0 Å². The zero-order chi connectivity index (χ0) is 19.2. The molecule has 27 heavy (non-hydrogen) atoms. The number of hydrogen-bond donors (Lipinski definition) is 2. The SMILES string of the molecule is CC(C)Oc1ccc(NC(=O)c2ccc(Nc3cccc(Cl)c3)cn2)cc1. The van der Waals surface area contributed by atoms with Crippen molar-refractivity contribution in [3.8, 4) is 5.75 Å². The first kappa shape index (κ1) is 18.7. The fraction of sp³-hybridized carbons (Fsp3) is 0.143. The maximum atomic E-state index is 12.3. The molecule has 0 atom stereocenters. The van der Waals surface area contributed by atoms with E-state index >= 15 is 0 Å². The number of ether oxygens (including phenoxy) is 1. The van der Waals surface area contributed by atoms with Gasteiger partial charge in [0.25, 0.3) is 5.91 Å². The van der Waals surface area contributed by atoms with Gasteiger partial charge in [-0.2, -0.15) is 0 Å². The van der Waals surface area contributed by atoms with Crippen LogP contribution in [0.5, 0.6) is 5.75 Å². The van der Waals surface area contributed by atoms with Crippen LogP contribution >= 0.6 is 11.6 Å². The standard InChI is InChI=1S/C21H20ClN3O2/c1-14(2)27-19-9-6-16(7-10-19)25-21(26)20-11-8-18(13-23-20)24-17-5-3-4-15(22)12-17/h3-14,24H,1-2H3,(H,25,26). The summed E-state index contributed by atoms with van der Waals surface area (Å²) in [6.07, 6.45) is 1.71. The van der Waals surface area contributed by atoms with Crippen molar-refractivity contribution in [3.05, 3.63) is 77.6 Å². The molecule has 0 radical (unpaired) electrons. The highest BCUT2D eigenvalue weighted by Gasteiger charge is 2.08. The largest absolute Gasteiger partial charge is 0.491 e. The number of amides is 1. The molecule has 2 aromatic carbocycles. The Bertz CT molecular complexity index is 909. The second-order valence-electron chi connectivity index (χ2n) is 6.21. The number of rotatable bonds is 6. The Labute approximate surface area is 163 Å². The molecule has 5 nitrogen and oxygen atoms in total. The number of carbonyl (C=O) groups is 1. The number of hydrogen-bond acceptors (Lipinski definition) is 4. The normalized spacial score (nSPS) is 10.5. The molecule has 3 rings (SSSR count). The van der Waals surface area contributed by atoms with E-state index in [1.165, 1.54) is 0 Å². The molecular weight excluding hydrogens is 362 g/mol. The van der Waals surface area contributed by atoms with Crippen LogP contribution in [-0.2, 0) is 0 Å².